The monoisotopic (exact) mass is 437 g/mol. The molecule has 1 N–H and O–H groups in total. The Morgan fingerprint density at radius 1 is 1.00 bits per heavy atom. The van der Waals surface area contributed by atoms with Crippen LogP contribution in [-0.4, -0.2) is 18.6 Å². The van der Waals surface area contributed by atoms with Crippen LogP contribution in [0.25, 0.3) is 0 Å². The molecule has 0 aromatic heterocycles. The predicted molar refractivity (Wildman–Crippen MR) is 125 cm³/mol. The van der Waals surface area contributed by atoms with E-state index in [0.29, 0.717) is 28.7 Å². The molecule has 0 heterocycles. The summed E-state index contributed by atoms with van der Waals surface area (Å²) in [4.78, 5) is 12.8. The lowest BCUT2D eigenvalue weighted by Gasteiger charge is -2.16. The molecule has 3 aromatic rings. The van der Waals surface area contributed by atoms with Gasteiger partial charge in [-0.05, 0) is 68.7 Å². The summed E-state index contributed by atoms with van der Waals surface area (Å²) >= 11 is 6.03. The molecular formula is C26H28ClNO3. The molecular weight excluding hydrogens is 410 g/mol. The number of benzene rings is 3. The van der Waals surface area contributed by atoms with Crippen molar-refractivity contribution in [1.82, 2.24) is 5.32 Å². The van der Waals surface area contributed by atoms with Gasteiger partial charge in [0.1, 0.15) is 18.1 Å². The van der Waals surface area contributed by atoms with E-state index in [2.05, 4.69) is 17.4 Å². The Bertz CT molecular complexity index is 991. The van der Waals surface area contributed by atoms with Crippen LogP contribution < -0.4 is 14.8 Å². The lowest BCUT2D eigenvalue weighted by atomic mass is 10.1. The minimum atomic E-state index is -0.104. The van der Waals surface area contributed by atoms with E-state index in [0.717, 1.165) is 18.4 Å². The first-order valence-corrected chi connectivity index (χ1v) is 10.9. The summed E-state index contributed by atoms with van der Waals surface area (Å²) in [5.41, 5.74) is 2.66. The zero-order chi connectivity index (χ0) is 22.1. The number of aryl methyl sites for hydroxylation is 1. The fourth-order valence-electron chi connectivity index (χ4n) is 3.25. The van der Waals surface area contributed by atoms with E-state index in [1.807, 2.05) is 56.3 Å². The first-order valence-electron chi connectivity index (χ1n) is 10.5. The highest BCUT2D eigenvalue weighted by Gasteiger charge is 2.14. The highest BCUT2D eigenvalue weighted by Crippen LogP contribution is 2.24. The molecule has 0 aliphatic rings. The smallest absolute Gasteiger partial charge is 0.251 e. The van der Waals surface area contributed by atoms with Crippen molar-refractivity contribution in [2.45, 2.75) is 39.3 Å². The molecule has 0 unspecified atom stereocenters. The number of carbonyl (C=O) groups is 1. The molecule has 0 spiro atoms. The van der Waals surface area contributed by atoms with Crippen molar-refractivity contribution in [3.05, 3.63) is 94.5 Å². The maximum Gasteiger partial charge on any atom is 0.251 e. The minimum Gasteiger partial charge on any atom is -0.493 e. The van der Waals surface area contributed by atoms with Gasteiger partial charge in [0.25, 0.3) is 5.91 Å². The second-order valence-electron chi connectivity index (χ2n) is 7.40. The van der Waals surface area contributed by atoms with Crippen molar-refractivity contribution in [2.24, 2.45) is 0 Å². The molecule has 162 valence electrons. The molecule has 1 atom stereocenters. The molecule has 5 heteroatoms. The van der Waals surface area contributed by atoms with Crippen LogP contribution in [0.5, 0.6) is 11.5 Å². The predicted octanol–water partition coefficient (Wildman–Crippen LogP) is 6.07. The van der Waals surface area contributed by atoms with Crippen molar-refractivity contribution in [1.29, 1.82) is 0 Å². The zero-order valence-corrected chi connectivity index (χ0v) is 18.7. The van der Waals surface area contributed by atoms with Crippen molar-refractivity contribution in [3.8, 4) is 11.5 Å². The fraction of sp³-hybridized carbons (Fsp3) is 0.269. The SMILES string of the molecule is CCOc1ccc(C(=O)N[C@H](C)CCc2ccccc2)cc1COc1cccc(Cl)c1. The van der Waals surface area contributed by atoms with Gasteiger partial charge in [-0.1, -0.05) is 48.0 Å². The Morgan fingerprint density at radius 2 is 1.81 bits per heavy atom. The van der Waals surface area contributed by atoms with Gasteiger partial charge in [0.05, 0.1) is 6.61 Å². The van der Waals surface area contributed by atoms with Crippen molar-refractivity contribution in [2.75, 3.05) is 6.61 Å². The molecule has 3 rings (SSSR count). The highest BCUT2D eigenvalue weighted by molar-refractivity contribution is 6.30. The van der Waals surface area contributed by atoms with Crippen LogP contribution in [-0.2, 0) is 13.0 Å². The van der Waals surface area contributed by atoms with Gasteiger partial charge in [-0.15, -0.1) is 0 Å². The zero-order valence-electron chi connectivity index (χ0n) is 17.9. The first kappa shape index (κ1) is 22.7. The largest absolute Gasteiger partial charge is 0.493 e. The van der Waals surface area contributed by atoms with Crippen LogP contribution in [0.4, 0.5) is 0 Å². The molecule has 0 radical (unpaired) electrons. The van der Waals surface area contributed by atoms with Crippen LogP contribution in [0.15, 0.2) is 72.8 Å². The molecule has 0 aliphatic heterocycles. The summed E-state index contributed by atoms with van der Waals surface area (Å²) in [7, 11) is 0. The third-order valence-corrected chi connectivity index (χ3v) is 5.13. The number of hydrogen-bond acceptors (Lipinski definition) is 3. The van der Waals surface area contributed by atoms with Crippen LogP contribution >= 0.6 is 11.6 Å². The quantitative estimate of drug-likeness (QED) is 0.418. The lowest BCUT2D eigenvalue weighted by molar-refractivity contribution is 0.0938. The van der Waals surface area contributed by atoms with Crippen molar-refractivity contribution in [3.63, 3.8) is 0 Å². The Hall–Kier alpha value is -2.98. The normalized spacial score (nSPS) is 11.6. The van der Waals surface area contributed by atoms with Gasteiger partial charge in [0.2, 0.25) is 0 Å². The summed E-state index contributed by atoms with van der Waals surface area (Å²) in [5, 5.41) is 3.70. The average Bonchev–Trinajstić information content (AvgIpc) is 2.78. The number of halogens is 1. The minimum absolute atomic E-state index is 0.0606. The average molecular weight is 438 g/mol. The van der Waals surface area contributed by atoms with E-state index in [1.54, 1.807) is 18.2 Å². The topological polar surface area (TPSA) is 47.6 Å². The molecule has 4 nitrogen and oxygen atoms in total. The third-order valence-electron chi connectivity index (χ3n) is 4.90. The Morgan fingerprint density at radius 3 is 2.55 bits per heavy atom. The van der Waals surface area contributed by atoms with Gasteiger partial charge < -0.3 is 14.8 Å². The van der Waals surface area contributed by atoms with Gasteiger partial charge in [-0.25, -0.2) is 0 Å². The number of hydrogen-bond donors (Lipinski definition) is 1. The van der Waals surface area contributed by atoms with Crippen LogP contribution in [0.3, 0.4) is 0 Å². The number of carbonyl (C=O) groups excluding carboxylic acids is 1. The van der Waals surface area contributed by atoms with Crippen LogP contribution in [0, 0.1) is 0 Å². The Kier molecular flexibility index (Phi) is 8.36. The number of rotatable bonds is 10. The maximum atomic E-state index is 12.8. The summed E-state index contributed by atoms with van der Waals surface area (Å²) in [6, 6.07) is 23.0. The summed E-state index contributed by atoms with van der Waals surface area (Å²) in [6.45, 7) is 4.77. The van der Waals surface area contributed by atoms with Crippen LogP contribution in [0.1, 0.15) is 41.8 Å². The summed E-state index contributed by atoms with van der Waals surface area (Å²) in [6.07, 6.45) is 1.79. The third kappa shape index (κ3) is 7.04. The summed E-state index contributed by atoms with van der Waals surface area (Å²) in [5.74, 6) is 1.27. The van der Waals surface area contributed by atoms with E-state index in [4.69, 9.17) is 21.1 Å². The summed E-state index contributed by atoms with van der Waals surface area (Å²) < 4.78 is 11.6. The lowest BCUT2D eigenvalue weighted by Crippen LogP contribution is -2.33. The standard InChI is InChI=1S/C26H28ClNO3/c1-3-30-25-15-14-21(16-22(25)18-31-24-11-7-10-23(27)17-24)26(29)28-19(2)12-13-20-8-5-4-6-9-20/h4-11,14-17,19H,3,12-13,18H2,1-2H3,(H,28,29)/t19-/m1/s1. The number of ether oxygens (including phenoxy) is 2. The molecule has 0 saturated heterocycles. The Labute approximate surface area is 189 Å². The first-order chi connectivity index (χ1) is 15.0. The van der Waals surface area contributed by atoms with Gasteiger partial charge >= 0.3 is 0 Å². The van der Waals surface area contributed by atoms with Gasteiger partial charge in [0.15, 0.2) is 0 Å². The Balaban J connectivity index is 1.64. The molecule has 0 bridgehead atoms. The second kappa shape index (κ2) is 11.4. The molecule has 3 aromatic carbocycles. The molecule has 0 fully saturated rings. The van der Waals surface area contributed by atoms with E-state index >= 15 is 0 Å². The molecule has 31 heavy (non-hydrogen) atoms. The van der Waals surface area contributed by atoms with Gasteiger partial charge in [-0.3, -0.25) is 4.79 Å². The van der Waals surface area contributed by atoms with Gasteiger partial charge in [0, 0.05) is 22.2 Å². The van der Waals surface area contributed by atoms with Gasteiger partial charge in [-0.2, -0.15) is 0 Å². The van der Waals surface area contributed by atoms with E-state index < -0.39 is 0 Å². The van der Waals surface area contributed by atoms with Crippen molar-refractivity contribution < 1.29 is 14.3 Å². The second-order valence-corrected chi connectivity index (χ2v) is 7.84. The number of amides is 1. The number of nitrogens with one attached hydrogen (secondary N) is 1. The maximum absolute atomic E-state index is 12.8. The van der Waals surface area contributed by atoms with E-state index in [-0.39, 0.29) is 18.6 Å². The van der Waals surface area contributed by atoms with E-state index in [1.165, 1.54) is 5.56 Å². The highest BCUT2D eigenvalue weighted by atomic mass is 35.5. The van der Waals surface area contributed by atoms with Crippen LogP contribution in [0.2, 0.25) is 5.02 Å². The fourth-order valence-corrected chi connectivity index (χ4v) is 3.44. The van der Waals surface area contributed by atoms with E-state index in [9.17, 15) is 4.79 Å². The molecule has 0 aliphatic carbocycles. The molecule has 1 amide bonds. The molecule has 0 saturated carbocycles. The van der Waals surface area contributed by atoms with Crippen molar-refractivity contribution >= 4 is 17.5 Å².